The Morgan fingerprint density at radius 3 is 1.95 bits per heavy atom. The maximum absolute atomic E-state index is 12.5. The molecule has 1 fully saturated rings. The molecule has 0 unspecified atom stereocenters. The molecule has 1 aliphatic carbocycles. The maximum atomic E-state index is 12.5. The summed E-state index contributed by atoms with van der Waals surface area (Å²) in [4.78, 5) is 14.2. The normalized spacial score (nSPS) is 13.3. The van der Waals surface area contributed by atoms with Gasteiger partial charge in [0, 0.05) is 27.0 Å². The van der Waals surface area contributed by atoms with Gasteiger partial charge in [0.05, 0.1) is 6.92 Å². The number of alkyl halides is 3. The van der Waals surface area contributed by atoms with Gasteiger partial charge in [-0.3, -0.25) is 9.79 Å². The molecule has 2 rings (SSSR count). The largest absolute Gasteiger partial charge is 0.389 e. The van der Waals surface area contributed by atoms with Gasteiger partial charge in [0.15, 0.2) is 11.6 Å². The number of hydrogen-bond donors (Lipinski definition) is 0. The van der Waals surface area contributed by atoms with Crippen LogP contribution in [0.5, 0.6) is 0 Å². The third-order valence-electron chi connectivity index (χ3n) is 5.02. The van der Waals surface area contributed by atoms with Crippen LogP contribution in [-0.4, -0.2) is 24.7 Å². The van der Waals surface area contributed by atoms with Crippen LogP contribution >= 0.6 is 0 Å². The average molecular weight is 526 g/mol. The summed E-state index contributed by atoms with van der Waals surface area (Å²) in [5.41, 5.74) is 6.56. The van der Waals surface area contributed by atoms with Crippen LogP contribution < -0.4 is 0 Å². The maximum Gasteiger partial charge on any atom is 0.389 e. The summed E-state index contributed by atoms with van der Waals surface area (Å²) in [6.45, 7) is 23.1. The van der Waals surface area contributed by atoms with Crippen molar-refractivity contribution >= 4 is 11.5 Å². The SMILES string of the molecule is C=C(F)C(C)=O.[CH2]C(F)(F)F.[CH2]C/C(=C/C=C)C(C(=NC)C1CCC1)=C(C)C.[CH2]c1ccc(C)c(F)c1.[H]. The van der Waals surface area contributed by atoms with E-state index in [9.17, 15) is 26.7 Å². The number of aryl methyl sites for hydroxylation is 1. The Kier molecular flexibility index (Phi) is 18.1. The van der Waals surface area contributed by atoms with Crippen molar-refractivity contribution in [3.63, 3.8) is 0 Å². The van der Waals surface area contributed by atoms with Gasteiger partial charge in [-0.1, -0.05) is 49.4 Å². The predicted molar refractivity (Wildman–Crippen MR) is 146 cm³/mol. The third kappa shape index (κ3) is 17.3. The Bertz CT molecular complexity index is 965. The highest BCUT2D eigenvalue weighted by Gasteiger charge is 2.26. The highest BCUT2D eigenvalue weighted by atomic mass is 19.4. The standard InChI is InChI=1S/C16H24N.C8H8F.C4H5FO.C2H2F3.H/c1-6-9-13(7-2)15(12(3)4)16(17-5)14-10-8-11-14;1-6-3-4-7(2)8(9)5-6;1-3(5)4(2)6;1-2(3,4)5;/h6,9,14H,1-2,7-8,10-11H2,3-5H3;3-5H,1H2,2H3;1H2,2H3;1H2;/b13-9-,17-16?;;;;. The van der Waals surface area contributed by atoms with Gasteiger partial charge in [-0.15, -0.1) is 0 Å². The van der Waals surface area contributed by atoms with E-state index in [1.54, 1.807) is 26.0 Å². The summed E-state index contributed by atoms with van der Waals surface area (Å²) in [6, 6.07) is 4.94. The van der Waals surface area contributed by atoms with E-state index in [1.165, 1.54) is 47.8 Å². The fourth-order valence-electron chi connectivity index (χ4n) is 2.99. The van der Waals surface area contributed by atoms with Crippen molar-refractivity contribution in [2.75, 3.05) is 7.05 Å². The monoisotopic (exact) mass is 525 g/mol. The van der Waals surface area contributed by atoms with E-state index >= 15 is 0 Å². The van der Waals surface area contributed by atoms with Crippen LogP contribution in [0.3, 0.4) is 0 Å². The topological polar surface area (TPSA) is 29.4 Å². The van der Waals surface area contributed by atoms with Crippen molar-refractivity contribution in [1.29, 1.82) is 0 Å². The molecule has 1 saturated carbocycles. The number of rotatable bonds is 6. The summed E-state index contributed by atoms with van der Waals surface area (Å²) in [7, 11) is 1.91. The predicted octanol–water partition coefficient (Wildman–Crippen LogP) is 9.40. The molecule has 0 heterocycles. The Balaban J connectivity index is -0.000000489. The zero-order valence-corrected chi connectivity index (χ0v) is 22.6. The average Bonchev–Trinajstić information content (AvgIpc) is 2.73. The van der Waals surface area contributed by atoms with Crippen LogP contribution in [0.25, 0.3) is 0 Å². The number of ketones is 1. The first kappa shape index (κ1) is 36.3. The molecule has 0 spiro atoms. The van der Waals surface area contributed by atoms with Gasteiger partial charge in [-0.05, 0) is 82.2 Å². The Hall–Kier alpha value is -2.83. The lowest BCUT2D eigenvalue weighted by Crippen LogP contribution is -2.25. The second-order valence-electron chi connectivity index (χ2n) is 8.45. The molecule has 0 aromatic heterocycles. The molecule has 0 atom stereocenters. The summed E-state index contributed by atoms with van der Waals surface area (Å²) in [6.07, 6.45) is 4.35. The van der Waals surface area contributed by atoms with Crippen LogP contribution in [0.2, 0.25) is 0 Å². The van der Waals surface area contributed by atoms with Crippen molar-refractivity contribution in [2.45, 2.75) is 59.6 Å². The lowest BCUT2D eigenvalue weighted by Gasteiger charge is -2.30. The van der Waals surface area contributed by atoms with Crippen molar-refractivity contribution in [1.82, 2.24) is 0 Å². The van der Waals surface area contributed by atoms with E-state index in [4.69, 9.17) is 0 Å². The molecule has 4 radical (unpaired) electrons. The van der Waals surface area contributed by atoms with E-state index in [-0.39, 0.29) is 7.24 Å². The molecule has 0 amide bonds. The van der Waals surface area contributed by atoms with Gasteiger partial charge in [-0.2, -0.15) is 13.2 Å². The zero-order chi connectivity index (χ0) is 29.3. The fraction of sp³-hybridized carbons (Fsp3) is 0.367. The number of aliphatic imine (C=N–C) groups is 1. The summed E-state index contributed by atoms with van der Waals surface area (Å²) in [5, 5.41) is 0. The van der Waals surface area contributed by atoms with Gasteiger partial charge >= 0.3 is 6.18 Å². The second kappa shape index (κ2) is 18.4. The Morgan fingerprint density at radius 2 is 1.70 bits per heavy atom. The molecular weight excluding hydrogens is 485 g/mol. The van der Waals surface area contributed by atoms with E-state index in [0.717, 1.165) is 18.9 Å². The number of nitrogens with zero attached hydrogens (tertiary/aromatic N) is 1. The highest BCUT2D eigenvalue weighted by Crippen LogP contribution is 2.34. The molecule has 1 aliphatic rings. The molecule has 37 heavy (non-hydrogen) atoms. The minimum absolute atomic E-state index is 0. The van der Waals surface area contributed by atoms with E-state index in [1.807, 2.05) is 13.1 Å². The first-order valence-corrected chi connectivity index (χ1v) is 11.6. The lowest BCUT2D eigenvalue weighted by atomic mass is 9.76. The molecule has 0 bridgehead atoms. The number of hydrogen-bond acceptors (Lipinski definition) is 2. The summed E-state index contributed by atoms with van der Waals surface area (Å²) < 4.78 is 54.5. The first-order valence-electron chi connectivity index (χ1n) is 11.6. The van der Waals surface area contributed by atoms with Gasteiger partial charge in [0.25, 0.3) is 0 Å². The number of Topliss-reactive ketones (excluding diaryl/α,β-unsaturated/α-hetero) is 1. The molecule has 1 aromatic carbocycles. The first-order chi connectivity index (χ1) is 17.0. The number of halogens is 5. The van der Waals surface area contributed by atoms with E-state index < -0.39 is 17.8 Å². The molecule has 1 aromatic rings. The summed E-state index contributed by atoms with van der Waals surface area (Å²) in [5.74, 6) is -1.00. The Labute approximate surface area is 221 Å². The minimum Gasteiger partial charge on any atom is -0.292 e. The molecular formula is C30H40F5NO. The lowest BCUT2D eigenvalue weighted by molar-refractivity contribution is -0.114. The Morgan fingerprint density at radius 1 is 1.22 bits per heavy atom. The van der Waals surface area contributed by atoms with Gasteiger partial charge in [-0.25, -0.2) is 8.78 Å². The molecule has 2 nitrogen and oxygen atoms in total. The van der Waals surface area contributed by atoms with Crippen LogP contribution in [0.15, 0.2) is 71.0 Å². The molecule has 0 aliphatic heterocycles. The summed E-state index contributed by atoms with van der Waals surface area (Å²) >= 11 is 0. The third-order valence-corrected chi connectivity index (χ3v) is 5.02. The van der Waals surface area contributed by atoms with Crippen LogP contribution in [0, 0.1) is 39.4 Å². The van der Waals surface area contributed by atoms with E-state index in [0.29, 0.717) is 11.5 Å². The minimum atomic E-state index is -4.25. The molecule has 206 valence electrons. The van der Waals surface area contributed by atoms with Gasteiger partial charge in [0.2, 0.25) is 0 Å². The smallest absolute Gasteiger partial charge is 0.292 e. The van der Waals surface area contributed by atoms with Gasteiger partial charge < -0.3 is 0 Å². The second-order valence-corrected chi connectivity index (χ2v) is 8.45. The highest BCUT2D eigenvalue weighted by molar-refractivity contribution is 6.06. The number of carbonyl (C=O) groups is 1. The van der Waals surface area contributed by atoms with Crippen molar-refractivity contribution in [3.8, 4) is 0 Å². The molecule has 0 saturated heterocycles. The number of benzene rings is 1. The number of allylic oxidation sites excluding steroid dienone is 6. The van der Waals surface area contributed by atoms with Crippen molar-refractivity contribution in [3.05, 3.63) is 104 Å². The van der Waals surface area contributed by atoms with Crippen molar-refractivity contribution in [2.24, 2.45) is 10.9 Å². The van der Waals surface area contributed by atoms with Crippen LogP contribution in [-0.2, 0) is 4.79 Å². The fourth-order valence-corrected chi connectivity index (χ4v) is 2.99. The van der Waals surface area contributed by atoms with Crippen LogP contribution in [0.1, 0.15) is 59.0 Å². The molecule has 7 heteroatoms. The van der Waals surface area contributed by atoms with Crippen LogP contribution in [0.4, 0.5) is 22.0 Å². The zero-order valence-electron chi connectivity index (χ0n) is 23.6. The van der Waals surface area contributed by atoms with Gasteiger partial charge in [0.1, 0.15) is 5.82 Å². The molecule has 0 N–H and O–H groups in total. The van der Waals surface area contributed by atoms with E-state index in [2.05, 4.69) is 51.9 Å². The number of carbonyl (C=O) groups excluding carboxylic acids is 1. The van der Waals surface area contributed by atoms with Crippen molar-refractivity contribution < 1.29 is 28.2 Å². The quantitative estimate of drug-likeness (QED) is 0.157.